The molecule has 4 aliphatic rings. The summed E-state index contributed by atoms with van der Waals surface area (Å²) >= 11 is 0. The first-order chi connectivity index (χ1) is 9.68. The Balaban J connectivity index is 1.58. The van der Waals surface area contributed by atoms with Gasteiger partial charge in [-0.2, -0.15) is 0 Å². The van der Waals surface area contributed by atoms with Crippen LogP contribution in [0, 0.1) is 0 Å². The standard InChI is InChI=1S/C15H26N2O4/c1-12(2,3)20-11(18)17-10-13-8-14(16,9-13)15(21-13)4-6-19-7-5-15/h4-10,16H2,1-3H3,(H,17,18). The van der Waals surface area contributed by atoms with Gasteiger partial charge in [0.25, 0.3) is 0 Å². The van der Waals surface area contributed by atoms with Crippen LogP contribution in [0.4, 0.5) is 4.79 Å². The molecule has 0 aromatic heterocycles. The van der Waals surface area contributed by atoms with Gasteiger partial charge in [-0.05, 0) is 33.6 Å². The van der Waals surface area contributed by atoms with E-state index in [2.05, 4.69) is 5.32 Å². The fraction of sp³-hybridized carbons (Fsp3) is 0.933. The summed E-state index contributed by atoms with van der Waals surface area (Å²) in [4.78, 5) is 11.8. The lowest BCUT2D eigenvalue weighted by Crippen LogP contribution is -2.64. The first-order valence-corrected chi connectivity index (χ1v) is 7.72. The molecule has 0 unspecified atom stereocenters. The summed E-state index contributed by atoms with van der Waals surface area (Å²) in [5.41, 5.74) is 5.20. The van der Waals surface area contributed by atoms with Gasteiger partial charge < -0.3 is 25.3 Å². The van der Waals surface area contributed by atoms with Crippen molar-refractivity contribution < 1.29 is 19.0 Å². The molecule has 1 amide bonds. The Morgan fingerprint density at radius 1 is 1.29 bits per heavy atom. The zero-order chi connectivity index (χ0) is 15.4. The van der Waals surface area contributed by atoms with Gasteiger partial charge in [0.2, 0.25) is 0 Å². The SMILES string of the molecule is CC(C)(C)OC(=O)NCC12CC(N)(C1)C1(CCOCC1)O2. The Hall–Kier alpha value is -0.850. The summed E-state index contributed by atoms with van der Waals surface area (Å²) in [5.74, 6) is 0. The molecule has 21 heavy (non-hydrogen) atoms. The topological polar surface area (TPSA) is 82.8 Å². The predicted octanol–water partition coefficient (Wildman–Crippen LogP) is 1.32. The average molecular weight is 298 g/mol. The van der Waals surface area contributed by atoms with Gasteiger partial charge in [0.15, 0.2) is 0 Å². The Kier molecular flexibility index (Phi) is 3.28. The van der Waals surface area contributed by atoms with Gasteiger partial charge in [-0.25, -0.2) is 4.79 Å². The van der Waals surface area contributed by atoms with E-state index in [0.717, 1.165) is 25.7 Å². The minimum Gasteiger partial charge on any atom is -0.444 e. The first kappa shape index (κ1) is 15.1. The monoisotopic (exact) mass is 298 g/mol. The van der Waals surface area contributed by atoms with Gasteiger partial charge in [-0.3, -0.25) is 0 Å². The van der Waals surface area contributed by atoms with Crippen molar-refractivity contribution >= 4 is 6.09 Å². The van der Waals surface area contributed by atoms with Crippen molar-refractivity contribution in [3.05, 3.63) is 0 Å². The number of hydrogen-bond donors (Lipinski definition) is 2. The Morgan fingerprint density at radius 3 is 2.48 bits per heavy atom. The second-order valence-corrected chi connectivity index (χ2v) is 7.76. The van der Waals surface area contributed by atoms with Gasteiger partial charge in [0, 0.05) is 26.1 Å². The van der Waals surface area contributed by atoms with E-state index in [1.807, 2.05) is 20.8 Å². The molecule has 1 aliphatic carbocycles. The van der Waals surface area contributed by atoms with Crippen LogP contribution < -0.4 is 11.1 Å². The van der Waals surface area contributed by atoms with Crippen LogP contribution in [-0.2, 0) is 14.2 Å². The second kappa shape index (κ2) is 4.57. The lowest BCUT2D eigenvalue weighted by molar-refractivity contribution is -0.115. The maximum Gasteiger partial charge on any atom is 0.407 e. The van der Waals surface area contributed by atoms with E-state index in [-0.39, 0.29) is 16.7 Å². The molecule has 4 rings (SSSR count). The Bertz CT molecular complexity index is 431. The second-order valence-electron chi connectivity index (χ2n) is 7.76. The van der Waals surface area contributed by atoms with E-state index in [1.165, 1.54) is 0 Å². The van der Waals surface area contributed by atoms with Crippen LogP contribution in [0.5, 0.6) is 0 Å². The first-order valence-electron chi connectivity index (χ1n) is 7.72. The minimum atomic E-state index is -0.489. The van der Waals surface area contributed by atoms with Gasteiger partial charge >= 0.3 is 6.09 Å². The van der Waals surface area contributed by atoms with Gasteiger partial charge in [-0.15, -0.1) is 0 Å². The lowest BCUT2D eigenvalue weighted by atomic mass is 9.61. The third-order valence-electron chi connectivity index (χ3n) is 4.85. The zero-order valence-electron chi connectivity index (χ0n) is 13.2. The van der Waals surface area contributed by atoms with E-state index in [0.29, 0.717) is 19.8 Å². The molecule has 2 bridgehead atoms. The van der Waals surface area contributed by atoms with Gasteiger partial charge in [-0.1, -0.05) is 0 Å². The maximum atomic E-state index is 11.8. The molecule has 0 aromatic rings. The van der Waals surface area contributed by atoms with Crippen LogP contribution in [0.25, 0.3) is 0 Å². The third-order valence-corrected chi connectivity index (χ3v) is 4.85. The molecular formula is C15H26N2O4. The van der Waals surface area contributed by atoms with Crippen molar-refractivity contribution in [1.29, 1.82) is 0 Å². The molecule has 6 heteroatoms. The molecule has 1 saturated carbocycles. The summed E-state index contributed by atoms with van der Waals surface area (Å²) in [6.45, 7) is 7.42. The number of hydrogen-bond acceptors (Lipinski definition) is 5. The normalized spacial score (nSPS) is 37.1. The highest BCUT2D eigenvalue weighted by Crippen LogP contribution is 2.62. The summed E-state index contributed by atoms with van der Waals surface area (Å²) in [6, 6.07) is 0. The summed E-state index contributed by atoms with van der Waals surface area (Å²) in [5, 5.41) is 2.83. The Morgan fingerprint density at radius 2 is 1.90 bits per heavy atom. The predicted molar refractivity (Wildman–Crippen MR) is 77.0 cm³/mol. The smallest absolute Gasteiger partial charge is 0.407 e. The highest BCUT2D eigenvalue weighted by molar-refractivity contribution is 5.67. The molecule has 0 atom stereocenters. The molecule has 3 N–H and O–H groups in total. The highest BCUT2D eigenvalue weighted by Gasteiger charge is 2.73. The molecule has 4 fully saturated rings. The van der Waals surface area contributed by atoms with Crippen molar-refractivity contribution in [2.24, 2.45) is 5.73 Å². The van der Waals surface area contributed by atoms with Crippen molar-refractivity contribution in [2.75, 3.05) is 19.8 Å². The summed E-state index contributed by atoms with van der Waals surface area (Å²) in [6.07, 6.45) is 2.89. The van der Waals surface area contributed by atoms with E-state index in [4.69, 9.17) is 19.9 Å². The van der Waals surface area contributed by atoms with Crippen LogP contribution in [0.1, 0.15) is 46.5 Å². The van der Waals surface area contributed by atoms with Crippen molar-refractivity contribution in [1.82, 2.24) is 5.32 Å². The quantitative estimate of drug-likeness (QED) is 0.803. The van der Waals surface area contributed by atoms with Crippen LogP contribution >= 0.6 is 0 Å². The number of carbonyl (C=O) groups is 1. The largest absolute Gasteiger partial charge is 0.444 e. The number of ether oxygens (including phenoxy) is 3. The number of rotatable bonds is 2. The average Bonchev–Trinajstić information content (AvgIpc) is 2.68. The Labute approximate surface area is 125 Å². The van der Waals surface area contributed by atoms with Crippen molar-refractivity contribution in [2.45, 2.75) is 68.8 Å². The summed E-state index contributed by atoms with van der Waals surface area (Å²) < 4.78 is 17.1. The number of alkyl carbamates (subject to hydrolysis) is 1. The number of amides is 1. The van der Waals surface area contributed by atoms with Gasteiger partial charge in [0.1, 0.15) is 5.60 Å². The number of carbonyl (C=O) groups excluding carboxylic acids is 1. The molecule has 120 valence electrons. The summed E-state index contributed by atoms with van der Waals surface area (Å²) in [7, 11) is 0. The fourth-order valence-corrected chi connectivity index (χ4v) is 4.02. The number of nitrogens with one attached hydrogen (secondary N) is 1. The van der Waals surface area contributed by atoms with Gasteiger partial charge in [0.05, 0.1) is 23.3 Å². The molecule has 3 heterocycles. The molecule has 0 aromatic carbocycles. The molecule has 3 saturated heterocycles. The van der Waals surface area contributed by atoms with Crippen LogP contribution in [0.2, 0.25) is 0 Å². The molecule has 3 aliphatic heterocycles. The molecule has 0 radical (unpaired) electrons. The zero-order valence-corrected chi connectivity index (χ0v) is 13.2. The highest BCUT2D eigenvalue weighted by atomic mass is 16.6. The van der Waals surface area contributed by atoms with E-state index in [9.17, 15) is 4.79 Å². The lowest BCUT2D eigenvalue weighted by Gasteiger charge is -2.46. The molecule has 1 spiro atoms. The van der Waals surface area contributed by atoms with Crippen LogP contribution in [-0.4, -0.2) is 48.2 Å². The maximum absolute atomic E-state index is 11.8. The molecule has 6 nitrogen and oxygen atoms in total. The van der Waals surface area contributed by atoms with Crippen LogP contribution in [0.3, 0.4) is 0 Å². The van der Waals surface area contributed by atoms with E-state index < -0.39 is 11.7 Å². The fourth-order valence-electron chi connectivity index (χ4n) is 4.02. The number of nitrogens with two attached hydrogens (primary N) is 1. The van der Waals surface area contributed by atoms with Crippen LogP contribution in [0.15, 0.2) is 0 Å². The third kappa shape index (κ3) is 2.53. The van der Waals surface area contributed by atoms with E-state index >= 15 is 0 Å². The van der Waals surface area contributed by atoms with E-state index in [1.54, 1.807) is 0 Å². The molecular weight excluding hydrogens is 272 g/mol. The van der Waals surface area contributed by atoms with Crippen molar-refractivity contribution in [3.63, 3.8) is 0 Å². The van der Waals surface area contributed by atoms with Crippen molar-refractivity contribution in [3.8, 4) is 0 Å². The minimum absolute atomic E-state index is 0.258.